The fourth-order valence-electron chi connectivity index (χ4n) is 1.72. The first kappa shape index (κ1) is 13.7. The zero-order valence-corrected chi connectivity index (χ0v) is 12.4. The van der Waals surface area contributed by atoms with Crippen molar-refractivity contribution in [1.82, 2.24) is 9.97 Å². The van der Waals surface area contributed by atoms with E-state index in [1.807, 2.05) is 37.4 Å². The van der Waals surface area contributed by atoms with Gasteiger partial charge in [0, 0.05) is 0 Å². The maximum absolute atomic E-state index is 6.23. The van der Waals surface area contributed by atoms with E-state index in [-0.39, 0.29) is 0 Å². The van der Waals surface area contributed by atoms with Crippen molar-refractivity contribution in [1.29, 1.82) is 0 Å². The first-order valence-corrected chi connectivity index (χ1v) is 7.55. The number of hydrogen-bond acceptors (Lipinski definition) is 3. The fraction of sp³-hybridized carbons (Fsp3) is 0.231. The van der Waals surface area contributed by atoms with Crippen LogP contribution in [0, 0.1) is 6.92 Å². The standard InChI is InChI=1S/C13H12Cl2N2S/c1-8-5-3-4-6-9(8)11-12(14)16-10(7-18-2)17-13(11)15/h3-6H,7H2,1-2H3. The van der Waals surface area contributed by atoms with Gasteiger partial charge >= 0.3 is 0 Å². The van der Waals surface area contributed by atoms with Gasteiger partial charge in [0.1, 0.15) is 16.1 Å². The van der Waals surface area contributed by atoms with Crippen molar-refractivity contribution in [3.63, 3.8) is 0 Å². The number of halogens is 2. The van der Waals surface area contributed by atoms with Crippen LogP contribution < -0.4 is 0 Å². The minimum absolute atomic E-state index is 0.411. The highest BCUT2D eigenvalue weighted by Gasteiger charge is 2.14. The summed E-state index contributed by atoms with van der Waals surface area (Å²) in [6.07, 6.45) is 1.99. The quantitative estimate of drug-likeness (QED) is 0.773. The number of rotatable bonds is 3. The maximum atomic E-state index is 6.23. The number of thioether (sulfide) groups is 1. The Bertz CT molecular complexity index is 550. The Balaban J connectivity index is 2.56. The molecular weight excluding hydrogens is 287 g/mol. The molecule has 0 N–H and O–H groups in total. The van der Waals surface area contributed by atoms with E-state index < -0.39 is 0 Å². The summed E-state index contributed by atoms with van der Waals surface area (Å²) in [5.74, 6) is 1.36. The van der Waals surface area contributed by atoms with E-state index in [0.717, 1.165) is 11.1 Å². The summed E-state index contributed by atoms with van der Waals surface area (Å²) in [5.41, 5.74) is 2.78. The van der Waals surface area contributed by atoms with Crippen molar-refractivity contribution in [2.24, 2.45) is 0 Å². The van der Waals surface area contributed by atoms with E-state index in [9.17, 15) is 0 Å². The lowest BCUT2D eigenvalue weighted by Gasteiger charge is -2.10. The maximum Gasteiger partial charge on any atom is 0.142 e. The topological polar surface area (TPSA) is 25.8 Å². The van der Waals surface area contributed by atoms with Crippen LogP contribution in [-0.4, -0.2) is 16.2 Å². The van der Waals surface area contributed by atoms with E-state index in [1.54, 1.807) is 11.8 Å². The molecular formula is C13H12Cl2N2S. The average molecular weight is 299 g/mol. The van der Waals surface area contributed by atoms with Gasteiger partial charge < -0.3 is 0 Å². The number of hydrogen-bond donors (Lipinski definition) is 0. The Kier molecular flexibility index (Phi) is 4.49. The molecule has 18 heavy (non-hydrogen) atoms. The molecule has 0 aliphatic rings. The Morgan fingerprint density at radius 3 is 2.28 bits per heavy atom. The van der Waals surface area contributed by atoms with Gasteiger partial charge in [-0.1, -0.05) is 47.5 Å². The highest BCUT2D eigenvalue weighted by molar-refractivity contribution is 7.97. The fourth-order valence-corrected chi connectivity index (χ4v) is 2.73. The molecule has 0 saturated heterocycles. The van der Waals surface area contributed by atoms with Gasteiger partial charge in [0.2, 0.25) is 0 Å². The zero-order valence-electron chi connectivity index (χ0n) is 10.1. The van der Waals surface area contributed by atoms with Crippen LogP contribution in [0.1, 0.15) is 11.4 Å². The first-order valence-electron chi connectivity index (χ1n) is 5.40. The molecule has 0 bridgehead atoms. The lowest BCUT2D eigenvalue weighted by atomic mass is 10.0. The third-order valence-electron chi connectivity index (χ3n) is 2.55. The predicted octanol–water partition coefficient (Wildman–Crippen LogP) is 4.62. The Labute approximate surface area is 121 Å². The SMILES string of the molecule is CSCc1nc(Cl)c(-c2ccccc2C)c(Cl)n1. The summed E-state index contributed by atoms with van der Waals surface area (Å²) in [7, 11) is 0. The summed E-state index contributed by atoms with van der Waals surface area (Å²) < 4.78 is 0. The minimum atomic E-state index is 0.411. The summed E-state index contributed by atoms with van der Waals surface area (Å²) in [4.78, 5) is 8.58. The number of benzene rings is 1. The van der Waals surface area contributed by atoms with E-state index in [1.165, 1.54) is 0 Å². The Morgan fingerprint density at radius 2 is 1.72 bits per heavy atom. The zero-order chi connectivity index (χ0) is 13.1. The smallest absolute Gasteiger partial charge is 0.142 e. The van der Waals surface area contributed by atoms with E-state index in [0.29, 0.717) is 27.4 Å². The summed E-state index contributed by atoms with van der Waals surface area (Å²) >= 11 is 14.1. The largest absolute Gasteiger partial charge is 0.220 e. The number of aromatic nitrogens is 2. The summed E-state index contributed by atoms with van der Waals surface area (Å²) in [6.45, 7) is 2.01. The van der Waals surface area contributed by atoms with Gasteiger partial charge in [-0.25, -0.2) is 9.97 Å². The molecule has 0 unspecified atom stereocenters. The lowest BCUT2D eigenvalue weighted by Crippen LogP contribution is -1.97. The molecule has 5 heteroatoms. The Hall–Kier alpha value is -0.770. The van der Waals surface area contributed by atoms with E-state index in [2.05, 4.69) is 9.97 Å². The van der Waals surface area contributed by atoms with Gasteiger partial charge in [-0.05, 0) is 24.3 Å². The van der Waals surface area contributed by atoms with Crippen LogP contribution in [0.25, 0.3) is 11.1 Å². The van der Waals surface area contributed by atoms with Crippen molar-refractivity contribution >= 4 is 35.0 Å². The third kappa shape index (κ3) is 2.79. The molecule has 1 heterocycles. The Morgan fingerprint density at radius 1 is 1.11 bits per heavy atom. The first-order chi connectivity index (χ1) is 8.63. The van der Waals surface area contributed by atoms with Crippen molar-refractivity contribution in [3.8, 4) is 11.1 Å². The van der Waals surface area contributed by atoms with Crippen LogP contribution in [0.3, 0.4) is 0 Å². The molecule has 1 aromatic carbocycles. The highest BCUT2D eigenvalue weighted by Crippen LogP contribution is 2.34. The minimum Gasteiger partial charge on any atom is -0.220 e. The van der Waals surface area contributed by atoms with Crippen molar-refractivity contribution in [3.05, 3.63) is 46.0 Å². The van der Waals surface area contributed by atoms with Gasteiger partial charge in [0.05, 0.1) is 11.3 Å². The molecule has 0 spiro atoms. The van der Waals surface area contributed by atoms with Gasteiger partial charge in [-0.15, -0.1) is 0 Å². The molecule has 0 aliphatic heterocycles. The molecule has 2 aromatic rings. The van der Waals surface area contributed by atoms with Gasteiger partial charge in [0.25, 0.3) is 0 Å². The van der Waals surface area contributed by atoms with Crippen molar-refractivity contribution in [2.75, 3.05) is 6.26 Å². The lowest BCUT2D eigenvalue weighted by molar-refractivity contribution is 1.04. The highest BCUT2D eigenvalue weighted by atomic mass is 35.5. The van der Waals surface area contributed by atoms with Crippen LogP contribution in [0.2, 0.25) is 10.3 Å². The van der Waals surface area contributed by atoms with Gasteiger partial charge in [0.15, 0.2) is 0 Å². The second kappa shape index (κ2) is 5.91. The van der Waals surface area contributed by atoms with E-state index >= 15 is 0 Å². The monoisotopic (exact) mass is 298 g/mol. The second-order valence-electron chi connectivity index (χ2n) is 3.84. The number of aryl methyl sites for hydroxylation is 1. The predicted molar refractivity (Wildman–Crippen MR) is 79.4 cm³/mol. The van der Waals surface area contributed by atoms with Crippen LogP contribution in [0.5, 0.6) is 0 Å². The normalized spacial score (nSPS) is 10.7. The van der Waals surface area contributed by atoms with E-state index in [4.69, 9.17) is 23.2 Å². The molecule has 0 atom stereocenters. The summed E-state index contributed by atoms with van der Waals surface area (Å²) in [5, 5.41) is 0.821. The second-order valence-corrected chi connectivity index (χ2v) is 5.43. The van der Waals surface area contributed by atoms with Crippen LogP contribution >= 0.6 is 35.0 Å². The number of nitrogens with zero attached hydrogens (tertiary/aromatic N) is 2. The molecule has 2 nitrogen and oxygen atoms in total. The molecule has 0 amide bonds. The van der Waals surface area contributed by atoms with Crippen molar-refractivity contribution < 1.29 is 0 Å². The molecule has 0 radical (unpaired) electrons. The van der Waals surface area contributed by atoms with Crippen molar-refractivity contribution in [2.45, 2.75) is 12.7 Å². The average Bonchev–Trinajstić information content (AvgIpc) is 2.31. The van der Waals surface area contributed by atoms with Gasteiger partial charge in [-0.2, -0.15) is 11.8 Å². The third-order valence-corrected chi connectivity index (χ3v) is 3.65. The molecule has 0 fully saturated rings. The molecule has 0 saturated carbocycles. The van der Waals surface area contributed by atoms with Crippen LogP contribution in [0.4, 0.5) is 0 Å². The summed E-state index contributed by atoms with van der Waals surface area (Å²) in [6, 6.07) is 7.91. The molecule has 94 valence electrons. The van der Waals surface area contributed by atoms with Crippen LogP contribution in [0.15, 0.2) is 24.3 Å². The molecule has 0 aliphatic carbocycles. The van der Waals surface area contributed by atoms with Crippen LogP contribution in [-0.2, 0) is 5.75 Å². The molecule has 2 rings (SSSR count). The van der Waals surface area contributed by atoms with Gasteiger partial charge in [-0.3, -0.25) is 0 Å². The molecule has 1 aromatic heterocycles.